The molecule has 5 nitrogen and oxygen atoms in total. The summed E-state index contributed by atoms with van der Waals surface area (Å²) >= 11 is 0. The fraction of sp³-hybridized carbons (Fsp3) is 0.143. The fourth-order valence-electron chi connectivity index (χ4n) is 1.11. The van der Waals surface area contributed by atoms with Crippen LogP contribution in [0.5, 0.6) is 0 Å². The Labute approximate surface area is 68.7 Å². The highest BCUT2D eigenvalue weighted by atomic mass is 16.4. The monoisotopic (exact) mass is 165 g/mol. The van der Waals surface area contributed by atoms with Crippen LogP contribution in [-0.2, 0) is 0 Å². The summed E-state index contributed by atoms with van der Waals surface area (Å²) in [5.74, 6) is 0. The van der Waals surface area contributed by atoms with Gasteiger partial charge in [0.05, 0.1) is 12.3 Å². The molecule has 0 bridgehead atoms. The van der Waals surface area contributed by atoms with Crippen molar-refractivity contribution in [3.63, 3.8) is 0 Å². The van der Waals surface area contributed by atoms with E-state index in [4.69, 9.17) is 5.11 Å². The molecule has 0 atom stereocenters. The Morgan fingerprint density at radius 2 is 2.58 bits per heavy atom. The molecule has 12 heavy (non-hydrogen) atoms. The molecule has 0 saturated heterocycles. The van der Waals surface area contributed by atoms with E-state index in [1.807, 2.05) is 0 Å². The number of nitrogens with zero attached hydrogens (tertiary/aromatic N) is 2. The van der Waals surface area contributed by atoms with Gasteiger partial charge in [-0.05, 0) is 6.08 Å². The van der Waals surface area contributed by atoms with Crippen molar-refractivity contribution in [3.8, 4) is 0 Å². The molecule has 0 aromatic heterocycles. The van der Waals surface area contributed by atoms with Crippen LogP contribution in [0.1, 0.15) is 0 Å². The van der Waals surface area contributed by atoms with Crippen LogP contribution in [0.4, 0.5) is 4.79 Å². The molecule has 2 heterocycles. The van der Waals surface area contributed by atoms with Gasteiger partial charge in [0.2, 0.25) is 0 Å². The van der Waals surface area contributed by atoms with Crippen LogP contribution < -0.4 is 5.43 Å². The van der Waals surface area contributed by atoms with Crippen LogP contribution >= 0.6 is 0 Å². The second kappa shape index (κ2) is 2.37. The first-order chi connectivity index (χ1) is 5.77. The van der Waals surface area contributed by atoms with Gasteiger partial charge in [-0.15, -0.1) is 0 Å². The Hall–Kier alpha value is -1.78. The summed E-state index contributed by atoms with van der Waals surface area (Å²) in [6.07, 6.45) is 3.71. The lowest BCUT2D eigenvalue weighted by Crippen LogP contribution is -2.22. The third-order valence-electron chi connectivity index (χ3n) is 1.71. The van der Waals surface area contributed by atoms with E-state index in [2.05, 4.69) is 10.5 Å². The van der Waals surface area contributed by atoms with Crippen molar-refractivity contribution in [1.82, 2.24) is 10.3 Å². The van der Waals surface area contributed by atoms with E-state index < -0.39 is 6.09 Å². The zero-order valence-corrected chi connectivity index (χ0v) is 6.19. The molecule has 2 N–H and O–H groups in total. The molecule has 0 aromatic carbocycles. The molecule has 0 radical (unpaired) electrons. The molecule has 0 unspecified atom stereocenters. The summed E-state index contributed by atoms with van der Waals surface area (Å²) in [5, 5.41) is 12.6. The smallest absolute Gasteiger partial charge is 0.415 e. The number of amides is 1. The minimum Gasteiger partial charge on any atom is -0.464 e. The number of allylic oxidation sites excluding steroid dienone is 1. The zero-order chi connectivity index (χ0) is 8.55. The lowest BCUT2D eigenvalue weighted by Gasteiger charge is -2.13. The number of carbonyl (C=O) groups is 1. The first kappa shape index (κ1) is 6.90. The summed E-state index contributed by atoms with van der Waals surface area (Å²) in [5.41, 5.74) is 4.49. The first-order valence-electron chi connectivity index (χ1n) is 3.48. The molecular weight excluding hydrogens is 158 g/mol. The quantitative estimate of drug-likeness (QED) is 0.543. The number of nitrogens with one attached hydrogen (secondary N) is 1. The molecule has 1 amide bonds. The van der Waals surface area contributed by atoms with Crippen molar-refractivity contribution in [1.29, 1.82) is 0 Å². The van der Waals surface area contributed by atoms with Gasteiger partial charge in [-0.2, -0.15) is 5.10 Å². The number of rotatable bonds is 0. The maximum absolute atomic E-state index is 10.5. The predicted molar refractivity (Wildman–Crippen MR) is 42.5 cm³/mol. The van der Waals surface area contributed by atoms with E-state index in [9.17, 15) is 4.79 Å². The van der Waals surface area contributed by atoms with Crippen molar-refractivity contribution in [2.24, 2.45) is 5.10 Å². The third-order valence-corrected chi connectivity index (χ3v) is 1.71. The van der Waals surface area contributed by atoms with Crippen LogP contribution in [0.3, 0.4) is 0 Å². The number of fused-ring (bicyclic) bond motifs is 1. The largest absolute Gasteiger partial charge is 0.464 e. The number of hydrogen-bond donors (Lipinski definition) is 2. The lowest BCUT2D eigenvalue weighted by molar-refractivity contribution is 0.175. The summed E-state index contributed by atoms with van der Waals surface area (Å²) in [7, 11) is 0. The van der Waals surface area contributed by atoms with Gasteiger partial charge in [0.1, 0.15) is 0 Å². The first-order valence-corrected chi connectivity index (χ1v) is 3.48. The number of hydrazone groups is 1. The van der Waals surface area contributed by atoms with Crippen LogP contribution in [0.25, 0.3) is 0 Å². The Bertz CT molecular complexity index is 317. The van der Waals surface area contributed by atoms with Crippen molar-refractivity contribution >= 4 is 11.8 Å². The van der Waals surface area contributed by atoms with Crippen LogP contribution in [0.2, 0.25) is 0 Å². The van der Waals surface area contributed by atoms with Crippen molar-refractivity contribution in [3.05, 3.63) is 24.0 Å². The average molecular weight is 165 g/mol. The van der Waals surface area contributed by atoms with E-state index >= 15 is 0 Å². The normalized spacial score (nSPS) is 19.5. The van der Waals surface area contributed by atoms with Crippen molar-refractivity contribution in [2.45, 2.75) is 0 Å². The molecule has 62 valence electrons. The van der Waals surface area contributed by atoms with Gasteiger partial charge in [0, 0.05) is 18.0 Å². The second-order valence-electron chi connectivity index (χ2n) is 2.49. The Balaban J connectivity index is 2.28. The maximum Gasteiger partial charge on any atom is 0.415 e. The van der Waals surface area contributed by atoms with Gasteiger partial charge in [-0.1, -0.05) is 0 Å². The minimum absolute atomic E-state index is 0.601. The fourth-order valence-corrected chi connectivity index (χ4v) is 1.11. The Morgan fingerprint density at radius 1 is 1.75 bits per heavy atom. The lowest BCUT2D eigenvalue weighted by atomic mass is 10.1. The molecule has 0 fully saturated rings. The van der Waals surface area contributed by atoms with Crippen LogP contribution in [-0.4, -0.2) is 28.4 Å². The summed E-state index contributed by atoms with van der Waals surface area (Å²) in [4.78, 5) is 11.6. The van der Waals surface area contributed by atoms with E-state index in [0.717, 1.165) is 16.2 Å². The maximum atomic E-state index is 10.5. The topological polar surface area (TPSA) is 64.9 Å². The molecule has 0 saturated carbocycles. The number of hydrogen-bond acceptors (Lipinski definition) is 3. The number of carboxylic acid groups (broad SMARTS) is 1. The minimum atomic E-state index is -0.982. The third kappa shape index (κ3) is 0.952. The van der Waals surface area contributed by atoms with Gasteiger partial charge in [-0.25, -0.2) is 4.79 Å². The van der Waals surface area contributed by atoms with Gasteiger partial charge in [0.25, 0.3) is 0 Å². The molecule has 2 rings (SSSR count). The van der Waals surface area contributed by atoms with E-state index in [0.29, 0.717) is 6.54 Å². The Kier molecular flexibility index (Phi) is 1.36. The summed E-state index contributed by atoms with van der Waals surface area (Å²) in [6, 6.07) is 0. The van der Waals surface area contributed by atoms with Crippen molar-refractivity contribution < 1.29 is 9.90 Å². The van der Waals surface area contributed by atoms with E-state index in [1.54, 1.807) is 12.3 Å². The highest BCUT2D eigenvalue weighted by Gasteiger charge is 2.18. The Morgan fingerprint density at radius 3 is 3.33 bits per heavy atom. The van der Waals surface area contributed by atoms with Gasteiger partial charge < -0.3 is 10.5 Å². The molecule has 0 spiro atoms. The molecular formula is C7H7N3O2. The van der Waals surface area contributed by atoms with Gasteiger partial charge in [0.15, 0.2) is 0 Å². The molecule has 2 aliphatic heterocycles. The second-order valence-corrected chi connectivity index (χ2v) is 2.49. The molecule has 5 heteroatoms. The van der Waals surface area contributed by atoms with Gasteiger partial charge >= 0.3 is 6.09 Å². The van der Waals surface area contributed by atoms with Gasteiger partial charge in [-0.3, -0.25) is 4.90 Å². The van der Waals surface area contributed by atoms with Crippen molar-refractivity contribution in [2.75, 3.05) is 6.54 Å². The predicted octanol–water partition coefficient (Wildman–Crippen LogP) is 0.337. The summed E-state index contributed by atoms with van der Waals surface area (Å²) in [6.45, 7) is 0.601. The van der Waals surface area contributed by atoms with E-state index in [-0.39, 0.29) is 0 Å². The highest BCUT2D eigenvalue weighted by molar-refractivity contribution is 6.10. The zero-order valence-electron chi connectivity index (χ0n) is 6.19. The molecule has 0 aliphatic carbocycles. The molecule has 0 aromatic rings. The SMILES string of the molecule is O=C(O)N1C=CC2=NNCC2=C1. The van der Waals surface area contributed by atoms with Crippen LogP contribution in [0.15, 0.2) is 29.2 Å². The average Bonchev–Trinajstić information content (AvgIpc) is 2.49. The standard InChI is InChI=1S/C7H7N3O2/c11-7(12)10-2-1-6-5(4-10)3-8-9-6/h1-2,4,8H,3H2,(H,11,12). The molecule has 2 aliphatic rings. The van der Waals surface area contributed by atoms with Crippen LogP contribution in [0, 0.1) is 0 Å². The summed E-state index contributed by atoms with van der Waals surface area (Å²) < 4.78 is 0. The van der Waals surface area contributed by atoms with E-state index in [1.165, 1.54) is 6.20 Å². The highest BCUT2D eigenvalue weighted by Crippen LogP contribution is 2.12.